The van der Waals surface area contributed by atoms with Crippen molar-refractivity contribution in [3.05, 3.63) is 65.2 Å². The third-order valence-corrected chi connectivity index (χ3v) is 5.10. The van der Waals surface area contributed by atoms with E-state index in [2.05, 4.69) is 0 Å². The second-order valence-electron chi connectivity index (χ2n) is 7.73. The first kappa shape index (κ1) is 25.3. The molecule has 0 atom stereocenters. The standard InChI is InChI=1S/C14H19F2NO.C10H14N2/c1-3-7-14(8-4-2,13(17)18)11-6-5-10(15)9-12(11)16;1-7(2)10(12)8-5-3-4-6-9(8)11/h5-6,9H,3-4,7-8H2,1-2H3,(H2,17,18);3-7,12H,11H2,1-2H3. The topological polar surface area (TPSA) is 93.0 Å². The second kappa shape index (κ2) is 11.4. The number of anilines is 1. The molecule has 30 heavy (non-hydrogen) atoms. The molecular weight excluding hydrogens is 384 g/mol. The lowest BCUT2D eigenvalue weighted by atomic mass is 9.72. The van der Waals surface area contributed by atoms with E-state index >= 15 is 0 Å². The van der Waals surface area contributed by atoms with Gasteiger partial charge in [-0.25, -0.2) is 8.78 Å². The van der Waals surface area contributed by atoms with Gasteiger partial charge in [0.25, 0.3) is 0 Å². The molecule has 0 bridgehead atoms. The van der Waals surface area contributed by atoms with Gasteiger partial charge in [0, 0.05) is 28.6 Å². The Morgan fingerprint density at radius 3 is 2.07 bits per heavy atom. The van der Waals surface area contributed by atoms with Gasteiger partial charge in [0.15, 0.2) is 0 Å². The van der Waals surface area contributed by atoms with Crippen molar-refractivity contribution in [1.82, 2.24) is 0 Å². The molecule has 2 aromatic rings. The summed E-state index contributed by atoms with van der Waals surface area (Å²) in [5.41, 5.74) is 12.5. The van der Waals surface area contributed by atoms with Crippen molar-refractivity contribution in [3.63, 3.8) is 0 Å². The highest BCUT2D eigenvalue weighted by Crippen LogP contribution is 2.36. The summed E-state index contributed by atoms with van der Waals surface area (Å²) in [5, 5.41) is 7.75. The Morgan fingerprint density at radius 2 is 1.63 bits per heavy atom. The molecule has 0 radical (unpaired) electrons. The van der Waals surface area contributed by atoms with Crippen molar-refractivity contribution in [2.75, 3.05) is 5.73 Å². The quantitative estimate of drug-likeness (QED) is 0.386. The number of hydrogen-bond donors (Lipinski definition) is 3. The summed E-state index contributed by atoms with van der Waals surface area (Å²) in [6, 6.07) is 10.8. The van der Waals surface area contributed by atoms with E-state index in [0.717, 1.165) is 11.6 Å². The largest absolute Gasteiger partial charge is 0.398 e. The van der Waals surface area contributed by atoms with Crippen LogP contribution in [0, 0.1) is 23.0 Å². The molecule has 0 saturated carbocycles. The summed E-state index contributed by atoms with van der Waals surface area (Å²) in [4.78, 5) is 11.8. The van der Waals surface area contributed by atoms with Crippen LogP contribution in [0.1, 0.15) is 64.5 Å². The van der Waals surface area contributed by atoms with Gasteiger partial charge in [-0.15, -0.1) is 0 Å². The normalized spacial score (nSPS) is 11.0. The molecule has 6 heteroatoms. The predicted molar refractivity (Wildman–Crippen MR) is 120 cm³/mol. The van der Waals surface area contributed by atoms with Crippen molar-refractivity contribution in [1.29, 1.82) is 5.41 Å². The Kier molecular flexibility index (Phi) is 9.63. The van der Waals surface area contributed by atoms with Crippen LogP contribution in [0.5, 0.6) is 0 Å². The number of halogens is 2. The van der Waals surface area contributed by atoms with Crippen molar-refractivity contribution >= 4 is 17.3 Å². The monoisotopic (exact) mass is 417 g/mol. The fourth-order valence-electron chi connectivity index (χ4n) is 3.56. The van der Waals surface area contributed by atoms with Gasteiger partial charge in [-0.1, -0.05) is 64.8 Å². The molecule has 0 aliphatic heterocycles. The van der Waals surface area contributed by atoms with E-state index in [4.69, 9.17) is 16.9 Å². The molecule has 0 aliphatic carbocycles. The van der Waals surface area contributed by atoms with Crippen molar-refractivity contribution in [2.45, 2.75) is 58.8 Å². The van der Waals surface area contributed by atoms with Gasteiger partial charge in [0.1, 0.15) is 11.6 Å². The summed E-state index contributed by atoms with van der Waals surface area (Å²) < 4.78 is 26.9. The van der Waals surface area contributed by atoms with Crippen LogP contribution in [0.3, 0.4) is 0 Å². The highest BCUT2D eigenvalue weighted by atomic mass is 19.1. The third kappa shape index (κ3) is 6.12. The smallest absolute Gasteiger partial charge is 0.228 e. The molecule has 5 N–H and O–H groups in total. The summed E-state index contributed by atoms with van der Waals surface area (Å²) in [5.74, 6) is -1.66. The van der Waals surface area contributed by atoms with Gasteiger partial charge in [-0.2, -0.15) is 0 Å². The lowest BCUT2D eigenvalue weighted by Gasteiger charge is -2.31. The van der Waals surface area contributed by atoms with Crippen LogP contribution in [0.4, 0.5) is 14.5 Å². The Bertz CT molecular complexity index is 859. The minimum atomic E-state index is -1.03. The highest BCUT2D eigenvalue weighted by Gasteiger charge is 2.38. The molecule has 0 fully saturated rings. The van der Waals surface area contributed by atoms with Gasteiger partial charge in [0.05, 0.1) is 5.41 Å². The zero-order valence-corrected chi connectivity index (χ0v) is 18.3. The number of carbonyl (C=O) groups is 1. The molecule has 164 valence electrons. The molecule has 0 aliphatic rings. The third-order valence-electron chi connectivity index (χ3n) is 5.10. The van der Waals surface area contributed by atoms with E-state index in [9.17, 15) is 13.6 Å². The van der Waals surface area contributed by atoms with Crippen LogP contribution in [-0.4, -0.2) is 11.6 Å². The van der Waals surface area contributed by atoms with E-state index in [1.54, 1.807) is 0 Å². The average molecular weight is 418 g/mol. The van der Waals surface area contributed by atoms with Crippen molar-refractivity contribution < 1.29 is 13.6 Å². The van der Waals surface area contributed by atoms with E-state index in [-0.39, 0.29) is 11.5 Å². The molecule has 0 saturated heterocycles. The van der Waals surface area contributed by atoms with E-state index < -0.39 is 23.0 Å². The first-order valence-electron chi connectivity index (χ1n) is 10.3. The van der Waals surface area contributed by atoms with Gasteiger partial charge >= 0.3 is 0 Å². The van der Waals surface area contributed by atoms with Gasteiger partial charge in [-0.05, 0) is 30.9 Å². The Morgan fingerprint density at radius 1 is 1.07 bits per heavy atom. The summed E-state index contributed by atoms with van der Waals surface area (Å²) in [7, 11) is 0. The molecule has 4 nitrogen and oxygen atoms in total. The number of benzene rings is 2. The molecule has 0 unspecified atom stereocenters. The number of nitrogens with one attached hydrogen (secondary N) is 1. The zero-order valence-electron chi connectivity index (χ0n) is 18.3. The van der Waals surface area contributed by atoms with Gasteiger partial charge in [0.2, 0.25) is 5.91 Å². The molecular formula is C24H33F2N3O. The van der Waals surface area contributed by atoms with Crippen LogP contribution in [0.15, 0.2) is 42.5 Å². The molecule has 0 heterocycles. The van der Waals surface area contributed by atoms with Crippen LogP contribution >= 0.6 is 0 Å². The first-order chi connectivity index (χ1) is 14.1. The van der Waals surface area contributed by atoms with Gasteiger partial charge in [-0.3, -0.25) is 4.79 Å². The first-order valence-corrected chi connectivity index (χ1v) is 10.3. The van der Waals surface area contributed by atoms with Crippen LogP contribution in [-0.2, 0) is 10.2 Å². The van der Waals surface area contributed by atoms with Gasteiger partial charge < -0.3 is 16.9 Å². The fourth-order valence-corrected chi connectivity index (χ4v) is 3.56. The van der Waals surface area contributed by atoms with Crippen LogP contribution in [0.25, 0.3) is 0 Å². The number of para-hydroxylation sites is 1. The van der Waals surface area contributed by atoms with E-state index in [1.165, 1.54) is 12.1 Å². The minimum absolute atomic E-state index is 0.208. The second-order valence-corrected chi connectivity index (χ2v) is 7.73. The maximum Gasteiger partial charge on any atom is 0.228 e. The lowest BCUT2D eigenvalue weighted by Crippen LogP contribution is -2.42. The number of primary amides is 1. The van der Waals surface area contributed by atoms with Crippen LogP contribution in [0.2, 0.25) is 0 Å². The summed E-state index contributed by atoms with van der Waals surface area (Å²) in [6.07, 6.45) is 2.36. The SMILES string of the molecule is CC(C)C(=N)c1ccccc1N.CCCC(CCC)(C(N)=O)c1ccc(F)cc1F. The minimum Gasteiger partial charge on any atom is -0.398 e. The highest BCUT2D eigenvalue weighted by molar-refractivity contribution is 6.03. The maximum atomic E-state index is 13.9. The molecule has 1 amide bonds. The molecule has 2 aromatic carbocycles. The van der Waals surface area contributed by atoms with Crippen molar-refractivity contribution in [2.24, 2.45) is 11.7 Å². The summed E-state index contributed by atoms with van der Waals surface area (Å²) in [6.45, 7) is 7.81. The number of hydrogen-bond acceptors (Lipinski definition) is 3. The Labute approximate surface area is 178 Å². The van der Waals surface area contributed by atoms with Crippen LogP contribution < -0.4 is 11.5 Å². The molecule has 0 aromatic heterocycles. The Hall–Kier alpha value is -2.76. The average Bonchev–Trinajstić information content (AvgIpc) is 2.68. The number of amides is 1. The van der Waals surface area contributed by atoms with Crippen molar-refractivity contribution in [3.8, 4) is 0 Å². The number of nitrogen functional groups attached to an aromatic ring is 1. The van der Waals surface area contributed by atoms with E-state index in [0.29, 0.717) is 37.1 Å². The Balaban J connectivity index is 0.000000325. The number of carbonyl (C=O) groups excluding carboxylic acids is 1. The maximum absolute atomic E-state index is 13.9. The fraction of sp³-hybridized carbons (Fsp3) is 0.417. The lowest BCUT2D eigenvalue weighted by molar-refractivity contribution is -0.124. The number of rotatable bonds is 8. The zero-order chi connectivity index (χ0) is 22.9. The molecule has 2 rings (SSSR count). The van der Waals surface area contributed by atoms with E-state index in [1.807, 2.05) is 52.0 Å². The predicted octanol–water partition coefficient (Wildman–Crippen LogP) is 5.58. The molecule has 0 spiro atoms. The number of nitrogens with two attached hydrogens (primary N) is 2. The summed E-state index contributed by atoms with van der Waals surface area (Å²) >= 11 is 0.